The van der Waals surface area contributed by atoms with Crippen LogP contribution < -0.4 is 5.32 Å². The van der Waals surface area contributed by atoms with Gasteiger partial charge in [0, 0.05) is 24.4 Å². The van der Waals surface area contributed by atoms with Crippen LogP contribution in [0.2, 0.25) is 0 Å². The summed E-state index contributed by atoms with van der Waals surface area (Å²) < 4.78 is 0. The van der Waals surface area contributed by atoms with Crippen LogP contribution in [0, 0.1) is 0 Å². The molecule has 3 fully saturated rings. The third kappa shape index (κ3) is 2.07. The van der Waals surface area contributed by atoms with Crippen molar-refractivity contribution >= 4 is 11.8 Å². The highest BCUT2D eigenvalue weighted by Gasteiger charge is 2.44. The molecule has 3 rings (SSSR count). The number of imide groups is 1. The smallest absolute Gasteiger partial charge is 0.229 e. The number of hydrogen-bond donors (Lipinski definition) is 1. The van der Waals surface area contributed by atoms with Crippen LogP contribution in [-0.4, -0.2) is 34.8 Å². The molecule has 1 unspecified atom stereocenters. The molecule has 100 valence electrons. The maximum absolute atomic E-state index is 12.1. The Morgan fingerprint density at radius 1 is 1.06 bits per heavy atom. The minimum atomic E-state index is 0.0684. The topological polar surface area (TPSA) is 49.4 Å². The van der Waals surface area contributed by atoms with Gasteiger partial charge in [-0.25, -0.2) is 0 Å². The summed E-state index contributed by atoms with van der Waals surface area (Å²) in [6, 6.07) is 0.157. The molecule has 0 aromatic rings. The van der Waals surface area contributed by atoms with E-state index in [4.69, 9.17) is 0 Å². The molecule has 4 nitrogen and oxygen atoms in total. The second-order valence-corrected chi connectivity index (χ2v) is 6.07. The number of carbonyl (C=O) groups excluding carboxylic acids is 2. The standard InChI is InChI=1S/C14H22N2O2/c17-12-4-1-2-5-13(18)16(12)11-6-9-15-14(10-11)7-3-8-14/h11,15H,1-10H2. The molecule has 2 amide bonds. The second-order valence-electron chi connectivity index (χ2n) is 6.07. The normalized spacial score (nSPS) is 32.2. The van der Waals surface area contributed by atoms with E-state index in [1.54, 1.807) is 4.90 Å². The zero-order valence-corrected chi connectivity index (χ0v) is 10.9. The summed E-state index contributed by atoms with van der Waals surface area (Å²) in [7, 11) is 0. The van der Waals surface area contributed by atoms with Crippen molar-refractivity contribution in [3.8, 4) is 0 Å². The third-order valence-electron chi connectivity index (χ3n) is 4.85. The summed E-state index contributed by atoms with van der Waals surface area (Å²) in [6.07, 6.45) is 8.46. The van der Waals surface area contributed by atoms with Gasteiger partial charge in [0.1, 0.15) is 0 Å². The maximum atomic E-state index is 12.1. The summed E-state index contributed by atoms with van der Waals surface area (Å²) in [6.45, 7) is 0.946. The number of hydrogen-bond acceptors (Lipinski definition) is 3. The fourth-order valence-electron chi connectivity index (χ4n) is 3.67. The lowest BCUT2D eigenvalue weighted by Crippen LogP contribution is -2.61. The predicted molar refractivity (Wildman–Crippen MR) is 67.9 cm³/mol. The minimum Gasteiger partial charge on any atom is -0.311 e. The molecule has 3 aliphatic rings. The van der Waals surface area contributed by atoms with Gasteiger partial charge in [0.2, 0.25) is 11.8 Å². The summed E-state index contributed by atoms with van der Waals surface area (Å²) >= 11 is 0. The Morgan fingerprint density at radius 2 is 1.72 bits per heavy atom. The molecule has 0 radical (unpaired) electrons. The van der Waals surface area contributed by atoms with Crippen molar-refractivity contribution in [2.75, 3.05) is 6.54 Å². The average molecular weight is 250 g/mol. The van der Waals surface area contributed by atoms with Crippen molar-refractivity contribution in [1.29, 1.82) is 0 Å². The highest BCUT2D eigenvalue weighted by Crippen LogP contribution is 2.40. The Bertz CT molecular complexity index is 345. The first-order valence-electron chi connectivity index (χ1n) is 7.30. The lowest BCUT2D eigenvalue weighted by atomic mass is 9.70. The van der Waals surface area contributed by atoms with E-state index in [1.165, 1.54) is 19.3 Å². The van der Waals surface area contributed by atoms with Gasteiger partial charge in [-0.15, -0.1) is 0 Å². The first-order chi connectivity index (χ1) is 8.70. The van der Waals surface area contributed by atoms with Gasteiger partial charge in [0.05, 0.1) is 0 Å². The molecule has 0 aromatic carbocycles. The van der Waals surface area contributed by atoms with E-state index in [1.807, 2.05) is 0 Å². The molecule has 2 aliphatic heterocycles. The van der Waals surface area contributed by atoms with Gasteiger partial charge in [0.25, 0.3) is 0 Å². The largest absolute Gasteiger partial charge is 0.311 e. The number of nitrogens with one attached hydrogen (secondary N) is 1. The number of amides is 2. The zero-order chi connectivity index (χ0) is 12.6. The first-order valence-corrected chi connectivity index (χ1v) is 7.30. The van der Waals surface area contributed by atoms with E-state index in [2.05, 4.69) is 5.32 Å². The Balaban J connectivity index is 1.75. The van der Waals surface area contributed by atoms with E-state index in [-0.39, 0.29) is 23.4 Å². The third-order valence-corrected chi connectivity index (χ3v) is 4.85. The van der Waals surface area contributed by atoms with Crippen LogP contribution in [0.5, 0.6) is 0 Å². The van der Waals surface area contributed by atoms with Crippen molar-refractivity contribution in [1.82, 2.24) is 10.2 Å². The molecular weight excluding hydrogens is 228 g/mol. The summed E-state index contributed by atoms with van der Waals surface area (Å²) in [5.41, 5.74) is 0.246. The lowest BCUT2D eigenvalue weighted by molar-refractivity contribution is -0.148. The molecule has 1 N–H and O–H groups in total. The SMILES string of the molecule is O=C1CCCCC(=O)N1C1CCNC2(CCC2)C1. The van der Waals surface area contributed by atoms with Crippen molar-refractivity contribution < 1.29 is 9.59 Å². The molecule has 1 aliphatic carbocycles. The molecule has 18 heavy (non-hydrogen) atoms. The monoisotopic (exact) mass is 250 g/mol. The van der Waals surface area contributed by atoms with Crippen LogP contribution in [0.1, 0.15) is 57.8 Å². The van der Waals surface area contributed by atoms with Gasteiger partial charge in [-0.2, -0.15) is 0 Å². The molecule has 1 spiro atoms. The molecule has 1 saturated carbocycles. The predicted octanol–water partition coefficient (Wildman–Crippen LogP) is 1.59. The molecule has 4 heteroatoms. The highest BCUT2D eigenvalue weighted by atomic mass is 16.2. The van der Waals surface area contributed by atoms with Crippen molar-refractivity contribution in [3.05, 3.63) is 0 Å². The average Bonchev–Trinajstić information content (AvgIpc) is 2.49. The Morgan fingerprint density at radius 3 is 2.28 bits per heavy atom. The van der Waals surface area contributed by atoms with Gasteiger partial charge >= 0.3 is 0 Å². The summed E-state index contributed by atoms with van der Waals surface area (Å²) in [4.78, 5) is 25.9. The first kappa shape index (κ1) is 12.2. The van der Waals surface area contributed by atoms with E-state index < -0.39 is 0 Å². The molecule has 2 saturated heterocycles. The second kappa shape index (κ2) is 4.65. The van der Waals surface area contributed by atoms with Gasteiger partial charge in [-0.1, -0.05) is 0 Å². The summed E-state index contributed by atoms with van der Waals surface area (Å²) in [5, 5.41) is 3.60. The molecule has 1 atom stereocenters. The fraction of sp³-hybridized carbons (Fsp3) is 0.857. The van der Waals surface area contributed by atoms with E-state index in [9.17, 15) is 9.59 Å². The van der Waals surface area contributed by atoms with Gasteiger partial charge in [-0.3, -0.25) is 14.5 Å². The molecule has 2 heterocycles. The Labute approximate surface area is 108 Å². The van der Waals surface area contributed by atoms with Gasteiger partial charge < -0.3 is 5.32 Å². The number of nitrogens with zero attached hydrogens (tertiary/aromatic N) is 1. The fourth-order valence-corrected chi connectivity index (χ4v) is 3.67. The van der Waals surface area contributed by atoms with Gasteiger partial charge in [-0.05, 0) is 51.5 Å². The van der Waals surface area contributed by atoms with Crippen molar-refractivity contribution in [3.63, 3.8) is 0 Å². The maximum Gasteiger partial charge on any atom is 0.229 e. The highest BCUT2D eigenvalue weighted by molar-refractivity contribution is 5.96. The number of likely N-dealkylation sites (tertiary alicyclic amines) is 1. The Hall–Kier alpha value is -0.900. The van der Waals surface area contributed by atoms with E-state index in [0.717, 1.165) is 32.2 Å². The molecule has 0 bridgehead atoms. The van der Waals surface area contributed by atoms with E-state index >= 15 is 0 Å². The zero-order valence-electron chi connectivity index (χ0n) is 10.9. The van der Waals surface area contributed by atoms with Crippen LogP contribution in [-0.2, 0) is 9.59 Å². The number of carbonyl (C=O) groups is 2. The quantitative estimate of drug-likeness (QED) is 0.719. The minimum absolute atomic E-state index is 0.0684. The van der Waals surface area contributed by atoms with Crippen LogP contribution in [0.25, 0.3) is 0 Å². The summed E-state index contributed by atoms with van der Waals surface area (Å²) in [5.74, 6) is 0.137. The van der Waals surface area contributed by atoms with Crippen LogP contribution in [0.3, 0.4) is 0 Å². The van der Waals surface area contributed by atoms with E-state index in [0.29, 0.717) is 12.8 Å². The Kier molecular flexibility index (Phi) is 3.14. The molecule has 0 aromatic heterocycles. The lowest BCUT2D eigenvalue weighted by Gasteiger charge is -2.50. The van der Waals surface area contributed by atoms with Crippen LogP contribution in [0.4, 0.5) is 0 Å². The van der Waals surface area contributed by atoms with Crippen LogP contribution >= 0.6 is 0 Å². The van der Waals surface area contributed by atoms with Crippen molar-refractivity contribution in [2.24, 2.45) is 0 Å². The van der Waals surface area contributed by atoms with Gasteiger partial charge in [0.15, 0.2) is 0 Å². The number of piperidine rings is 1. The van der Waals surface area contributed by atoms with Crippen molar-refractivity contribution in [2.45, 2.75) is 69.4 Å². The number of rotatable bonds is 1. The molecular formula is C14H22N2O2. The van der Waals surface area contributed by atoms with Crippen LogP contribution in [0.15, 0.2) is 0 Å².